The lowest BCUT2D eigenvalue weighted by Gasteiger charge is -2.23. The van der Waals surface area contributed by atoms with E-state index in [2.05, 4.69) is 9.97 Å². The van der Waals surface area contributed by atoms with Crippen LogP contribution in [0.2, 0.25) is 0 Å². The van der Waals surface area contributed by atoms with Gasteiger partial charge < -0.3 is 15.0 Å². The number of fused-ring (bicyclic) bond motifs is 1. The summed E-state index contributed by atoms with van der Waals surface area (Å²) < 4.78 is 0. The molecule has 0 spiro atoms. The number of likely N-dealkylation sites (tertiary alicyclic amines) is 1. The van der Waals surface area contributed by atoms with Crippen LogP contribution in [0.1, 0.15) is 23.2 Å². The molecule has 1 fully saturated rings. The van der Waals surface area contributed by atoms with Crippen molar-refractivity contribution in [2.24, 2.45) is 0 Å². The van der Waals surface area contributed by atoms with Gasteiger partial charge in [-0.15, -0.1) is 0 Å². The molecule has 2 heterocycles. The van der Waals surface area contributed by atoms with Crippen LogP contribution in [0.3, 0.4) is 0 Å². The van der Waals surface area contributed by atoms with Gasteiger partial charge in [-0.1, -0.05) is 0 Å². The molecule has 0 radical (unpaired) electrons. The van der Waals surface area contributed by atoms with Crippen molar-refractivity contribution in [2.45, 2.75) is 18.9 Å². The number of benzene rings is 1. The summed E-state index contributed by atoms with van der Waals surface area (Å²) in [6, 6.07) is 5.41. The van der Waals surface area contributed by atoms with Crippen molar-refractivity contribution in [3.8, 4) is 0 Å². The molecule has 18 heavy (non-hydrogen) atoms. The molecule has 1 saturated heterocycles. The molecule has 0 bridgehead atoms. The van der Waals surface area contributed by atoms with E-state index in [1.54, 1.807) is 17.3 Å². The second-order valence-electron chi connectivity index (χ2n) is 4.61. The van der Waals surface area contributed by atoms with Gasteiger partial charge in [0.15, 0.2) is 0 Å². The Bertz CT molecular complexity index is 578. The predicted octanol–water partition coefficient (Wildman–Crippen LogP) is 1.16. The van der Waals surface area contributed by atoms with Gasteiger partial charge >= 0.3 is 0 Å². The minimum Gasteiger partial charge on any atom is -0.394 e. The Balaban J connectivity index is 1.91. The van der Waals surface area contributed by atoms with Crippen molar-refractivity contribution in [1.29, 1.82) is 0 Å². The molecule has 2 N–H and O–H groups in total. The van der Waals surface area contributed by atoms with Crippen LogP contribution in [0.5, 0.6) is 0 Å². The van der Waals surface area contributed by atoms with E-state index in [4.69, 9.17) is 0 Å². The Kier molecular flexibility index (Phi) is 2.76. The van der Waals surface area contributed by atoms with Crippen molar-refractivity contribution in [3.63, 3.8) is 0 Å². The lowest BCUT2D eigenvalue weighted by Crippen LogP contribution is -2.37. The van der Waals surface area contributed by atoms with E-state index in [9.17, 15) is 9.90 Å². The Hall–Kier alpha value is -1.88. The zero-order valence-electron chi connectivity index (χ0n) is 9.97. The van der Waals surface area contributed by atoms with Crippen LogP contribution >= 0.6 is 0 Å². The highest BCUT2D eigenvalue weighted by molar-refractivity contribution is 5.97. The van der Waals surface area contributed by atoms with Gasteiger partial charge in [-0.2, -0.15) is 0 Å². The van der Waals surface area contributed by atoms with E-state index >= 15 is 0 Å². The van der Waals surface area contributed by atoms with Gasteiger partial charge in [0, 0.05) is 12.1 Å². The lowest BCUT2D eigenvalue weighted by atomic mass is 10.1. The molecule has 1 aromatic carbocycles. The minimum atomic E-state index is -0.0324. The number of amides is 1. The third-order valence-electron chi connectivity index (χ3n) is 3.52. The molecular weight excluding hydrogens is 230 g/mol. The molecule has 1 aromatic heterocycles. The maximum Gasteiger partial charge on any atom is 0.254 e. The number of imidazole rings is 1. The first-order valence-electron chi connectivity index (χ1n) is 6.14. The fourth-order valence-electron chi connectivity index (χ4n) is 2.53. The summed E-state index contributed by atoms with van der Waals surface area (Å²) in [5.74, 6) is -0.0111. The third-order valence-corrected chi connectivity index (χ3v) is 3.52. The highest BCUT2D eigenvalue weighted by Crippen LogP contribution is 2.21. The Morgan fingerprint density at radius 2 is 2.44 bits per heavy atom. The third kappa shape index (κ3) is 1.76. The average Bonchev–Trinajstić information content (AvgIpc) is 3.05. The van der Waals surface area contributed by atoms with Gasteiger partial charge in [0.05, 0.1) is 30.0 Å². The normalized spacial score (nSPS) is 19.6. The highest BCUT2D eigenvalue weighted by Gasteiger charge is 2.28. The molecule has 5 nitrogen and oxygen atoms in total. The second-order valence-corrected chi connectivity index (χ2v) is 4.61. The number of carbonyl (C=O) groups excluding carboxylic acids is 1. The highest BCUT2D eigenvalue weighted by atomic mass is 16.3. The van der Waals surface area contributed by atoms with E-state index in [1.807, 2.05) is 12.1 Å². The molecule has 1 aliphatic rings. The first-order chi connectivity index (χ1) is 8.79. The summed E-state index contributed by atoms with van der Waals surface area (Å²) >= 11 is 0. The summed E-state index contributed by atoms with van der Waals surface area (Å²) in [5.41, 5.74) is 2.36. The smallest absolute Gasteiger partial charge is 0.254 e. The van der Waals surface area contributed by atoms with E-state index in [-0.39, 0.29) is 18.6 Å². The number of nitrogens with zero attached hydrogens (tertiary/aromatic N) is 2. The number of rotatable bonds is 2. The fourth-order valence-corrected chi connectivity index (χ4v) is 2.53. The number of aromatic amines is 1. The molecule has 2 aromatic rings. The molecule has 94 valence electrons. The number of carbonyl (C=O) groups is 1. The van der Waals surface area contributed by atoms with Crippen LogP contribution in [0.15, 0.2) is 24.5 Å². The SMILES string of the molecule is O=C(c1ccc2nc[nH]c2c1)N1CCC[C@H]1CO. The van der Waals surface area contributed by atoms with Gasteiger partial charge in [0.25, 0.3) is 5.91 Å². The topological polar surface area (TPSA) is 69.2 Å². The zero-order chi connectivity index (χ0) is 12.5. The van der Waals surface area contributed by atoms with Crippen molar-refractivity contribution in [2.75, 3.05) is 13.2 Å². The Labute approximate surface area is 104 Å². The van der Waals surface area contributed by atoms with Gasteiger partial charge in [-0.25, -0.2) is 4.98 Å². The number of hydrogen-bond acceptors (Lipinski definition) is 3. The van der Waals surface area contributed by atoms with E-state index in [1.165, 1.54) is 0 Å². The van der Waals surface area contributed by atoms with Crippen molar-refractivity contribution in [1.82, 2.24) is 14.9 Å². The Morgan fingerprint density at radius 3 is 3.28 bits per heavy atom. The summed E-state index contributed by atoms with van der Waals surface area (Å²) in [4.78, 5) is 21.3. The average molecular weight is 245 g/mol. The van der Waals surface area contributed by atoms with E-state index in [0.29, 0.717) is 5.56 Å². The molecule has 5 heteroatoms. The maximum absolute atomic E-state index is 12.4. The molecular formula is C13H15N3O2. The van der Waals surface area contributed by atoms with Crippen LogP contribution in [-0.2, 0) is 0 Å². The van der Waals surface area contributed by atoms with Crippen LogP contribution < -0.4 is 0 Å². The van der Waals surface area contributed by atoms with Crippen molar-refractivity contribution < 1.29 is 9.90 Å². The van der Waals surface area contributed by atoms with E-state index in [0.717, 1.165) is 30.4 Å². The molecule has 1 aliphatic heterocycles. The summed E-state index contributed by atoms with van der Waals surface area (Å²) in [6.45, 7) is 0.767. The van der Waals surface area contributed by atoms with Gasteiger partial charge in [0.2, 0.25) is 0 Å². The number of H-pyrrole nitrogens is 1. The summed E-state index contributed by atoms with van der Waals surface area (Å²) in [6.07, 6.45) is 3.46. The van der Waals surface area contributed by atoms with Gasteiger partial charge in [-0.05, 0) is 31.0 Å². The van der Waals surface area contributed by atoms with Gasteiger partial charge in [-0.3, -0.25) is 4.79 Å². The van der Waals surface area contributed by atoms with Gasteiger partial charge in [0.1, 0.15) is 0 Å². The standard InChI is InChI=1S/C13H15N3O2/c17-7-10-2-1-5-16(10)13(18)9-3-4-11-12(6-9)15-8-14-11/h3-4,6,8,10,17H,1-2,5,7H2,(H,14,15)/t10-/m0/s1. The minimum absolute atomic E-state index is 0.0111. The number of aliphatic hydroxyl groups excluding tert-OH is 1. The molecule has 1 amide bonds. The van der Waals surface area contributed by atoms with Crippen molar-refractivity contribution in [3.05, 3.63) is 30.1 Å². The summed E-state index contributed by atoms with van der Waals surface area (Å²) in [7, 11) is 0. The monoisotopic (exact) mass is 245 g/mol. The molecule has 0 aliphatic carbocycles. The molecule has 1 atom stereocenters. The van der Waals surface area contributed by atoms with Crippen molar-refractivity contribution >= 4 is 16.9 Å². The van der Waals surface area contributed by atoms with Crippen LogP contribution in [0.25, 0.3) is 11.0 Å². The summed E-state index contributed by atoms with van der Waals surface area (Å²) in [5, 5.41) is 9.26. The molecule has 3 rings (SSSR count). The van der Waals surface area contributed by atoms with Crippen LogP contribution in [0.4, 0.5) is 0 Å². The number of nitrogens with one attached hydrogen (secondary N) is 1. The molecule has 0 saturated carbocycles. The van der Waals surface area contributed by atoms with E-state index < -0.39 is 0 Å². The maximum atomic E-state index is 12.4. The Morgan fingerprint density at radius 1 is 1.56 bits per heavy atom. The van der Waals surface area contributed by atoms with Crippen LogP contribution in [-0.4, -0.2) is 45.1 Å². The quantitative estimate of drug-likeness (QED) is 0.834. The number of aromatic nitrogens is 2. The predicted molar refractivity (Wildman–Crippen MR) is 67.2 cm³/mol. The molecule has 0 unspecified atom stereocenters. The first kappa shape index (κ1) is 11.2. The first-order valence-corrected chi connectivity index (χ1v) is 6.14. The lowest BCUT2D eigenvalue weighted by molar-refractivity contribution is 0.0678. The largest absolute Gasteiger partial charge is 0.394 e. The second kappa shape index (κ2) is 4.42. The zero-order valence-corrected chi connectivity index (χ0v) is 9.97. The number of aliphatic hydroxyl groups is 1. The number of hydrogen-bond donors (Lipinski definition) is 2. The van der Waals surface area contributed by atoms with Crippen LogP contribution in [0, 0.1) is 0 Å². The fraction of sp³-hybridized carbons (Fsp3) is 0.385.